The molecule has 1 aromatic rings. The quantitative estimate of drug-likeness (QED) is 0.461. The first kappa shape index (κ1) is 12.2. The van der Waals surface area contributed by atoms with Gasteiger partial charge in [0.25, 0.3) is 0 Å². The van der Waals surface area contributed by atoms with E-state index in [0.717, 1.165) is 11.3 Å². The van der Waals surface area contributed by atoms with E-state index in [2.05, 4.69) is 6.58 Å². The van der Waals surface area contributed by atoms with Crippen LogP contribution in [0.5, 0.6) is 0 Å². The Bertz CT molecular complexity index is 458. The molecule has 0 aliphatic carbocycles. The number of rotatable bonds is 5. The maximum absolute atomic E-state index is 11.6. The van der Waals surface area contributed by atoms with Gasteiger partial charge in [0.1, 0.15) is 6.10 Å². The van der Waals surface area contributed by atoms with Crippen LogP contribution in [-0.2, 0) is 9.53 Å². The molecule has 0 bridgehead atoms. The van der Waals surface area contributed by atoms with E-state index in [1.165, 1.54) is 0 Å². The summed E-state index contributed by atoms with van der Waals surface area (Å²) in [4.78, 5) is 11.6. The van der Waals surface area contributed by atoms with E-state index in [9.17, 15) is 4.79 Å². The molecule has 1 aromatic heterocycles. The zero-order chi connectivity index (χ0) is 12.1. The number of esters is 1. The van der Waals surface area contributed by atoms with Crippen LogP contribution in [0, 0.1) is 0 Å². The molecule has 1 unspecified atom stereocenters. The predicted octanol–water partition coefficient (Wildman–Crippen LogP) is 3.71. The second kappa shape index (κ2) is 5.89. The van der Waals surface area contributed by atoms with Crippen molar-refractivity contribution in [2.75, 3.05) is 5.75 Å². The molecule has 88 valence electrons. The molecule has 2 nitrogen and oxygen atoms in total. The number of ether oxygens (including phenoxy) is 1. The molecular formula is C13H12O2S2. The Morgan fingerprint density at radius 3 is 3.18 bits per heavy atom. The van der Waals surface area contributed by atoms with Crippen LogP contribution in [0.25, 0.3) is 0 Å². The number of cyclic esters (lactones) is 1. The van der Waals surface area contributed by atoms with Crippen LogP contribution in [0.2, 0.25) is 0 Å². The topological polar surface area (TPSA) is 26.3 Å². The largest absolute Gasteiger partial charge is 0.450 e. The molecule has 0 fully saturated rings. The summed E-state index contributed by atoms with van der Waals surface area (Å²) in [7, 11) is 0. The zero-order valence-corrected chi connectivity index (χ0v) is 10.8. The summed E-state index contributed by atoms with van der Waals surface area (Å²) in [6, 6.07) is 1.97. The van der Waals surface area contributed by atoms with E-state index < -0.39 is 0 Å². The first-order valence-corrected chi connectivity index (χ1v) is 7.14. The molecule has 2 rings (SSSR count). The zero-order valence-electron chi connectivity index (χ0n) is 9.17. The highest BCUT2D eigenvalue weighted by Gasteiger charge is 2.24. The highest BCUT2D eigenvalue weighted by molar-refractivity contribution is 8.02. The number of thioether (sulfide) groups is 1. The SMILES string of the molecule is C=CCS/C=C\C1=CC(c2ccsc2)OC1=O. The van der Waals surface area contributed by atoms with Crippen LogP contribution in [0.4, 0.5) is 0 Å². The summed E-state index contributed by atoms with van der Waals surface area (Å²) in [5, 5.41) is 5.86. The van der Waals surface area contributed by atoms with Gasteiger partial charge in [-0.2, -0.15) is 11.3 Å². The second-order valence-electron chi connectivity index (χ2n) is 3.43. The Morgan fingerprint density at radius 2 is 2.47 bits per heavy atom. The third-order valence-corrected chi connectivity index (χ3v) is 3.69. The molecule has 0 aromatic carbocycles. The van der Waals surface area contributed by atoms with Crippen molar-refractivity contribution >= 4 is 29.1 Å². The molecule has 0 amide bonds. The number of hydrogen-bond acceptors (Lipinski definition) is 4. The molecular weight excluding hydrogens is 252 g/mol. The van der Waals surface area contributed by atoms with Gasteiger partial charge in [-0.1, -0.05) is 6.08 Å². The van der Waals surface area contributed by atoms with Crippen LogP contribution >= 0.6 is 23.1 Å². The Balaban J connectivity index is 2.02. The van der Waals surface area contributed by atoms with Gasteiger partial charge in [0, 0.05) is 11.3 Å². The van der Waals surface area contributed by atoms with Gasteiger partial charge in [-0.3, -0.25) is 0 Å². The van der Waals surface area contributed by atoms with Crippen LogP contribution in [0.15, 0.2) is 52.6 Å². The lowest BCUT2D eigenvalue weighted by molar-refractivity contribution is -0.139. The summed E-state index contributed by atoms with van der Waals surface area (Å²) in [6.07, 6.45) is 5.25. The van der Waals surface area contributed by atoms with E-state index in [1.54, 1.807) is 29.2 Å². The van der Waals surface area contributed by atoms with Gasteiger partial charge in [-0.25, -0.2) is 4.79 Å². The molecule has 0 saturated heterocycles. The molecule has 17 heavy (non-hydrogen) atoms. The molecule has 4 heteroatoms. The Labute approximate surface area is 109 Å². The van der Waals surface area contributed by atoms with Crippen LogP contribution < -0.4 is 0 Å². The fourth-order valence-corrected chi connectivity index (χ4v) is 2.59. The molecule has 0 N–H and O–H groups in total. The summed E-state index contributed by atoms with van der Waals surface area (Å²) < 4.78 is 5.27. The Kier molecular flexibility index (Phi) is 4.23. The average Bonchev–Trinajstić information content (AvgIpc) is 2.94. The van der Waals surface area contributed by atoms with Crippen molar-refractivity contribution in [3.05, 3.63) is 58.2 Å². The van der Waals surface area contributed by atoms with Crippen molar-refractivity contribution in [2.24, 2.45) is 0 Å². The standard InChI is InChI=1S/C13H12O2S2/c1-2-5-16-6-3-10-8-12(15-13(10)14)11-4-7-17-9-11/h2-4,6-9,12H,1,5H2/b6-3-. The van der Waals surface area contributed by atoms with E-state index in [1.807, 2.05) is 34.4 Å². The van der Waals surface area contributed by atoms with Gasteiger partial charge in [0.15, 0.2) is 0 Å². The van der Waals surface area contributed by atoms with Crippen molar-refractivity contribution in [3.8, 4) is 0 Å². The van der Waals surface area contributed by atoms with Gasteiger partial charge >= 0.3 is 5.97 Å². The number of carbonyl (C=O) groups is 1. The molecule has 1 aliphatic rings. The van der Waals surface area contributed by atoms with Gasteiger partial charge in [0.2, 0.25) is 0 Å². The minimum Gasteiger partial charge on any atom is -0.450 e. The van der Waals surface area contributed by atoms with Crippen molar-refractivity contribution in [3.63, 3.8) is 0 Å². The van der Waals surface area contributed by atoms with Gasteiger partial charge in [0.05, 0.1) is 5.57 Å². The summed E-state index contributed by atoms with van der Waals surface area (Å²) >= 11 is 3.20. The molecule has 1 atom stereocenters. The second-order valence-corrected chi connectivity index (χ2v) is 5.15. The van der Waals surface area contributed by atoms with Gasteiger partial charge in [-0.15, -0.1) is 18.3 Å². The van der Waals surface area contributed by atoms with E-state index in [0.29, 0.717) is 5.57 Å². The molecule has 1 aliphatic heterocycles. The van der Waals surface area contributed by atoms with Crippen LogP contribution in [-0.4, -0.2) is 11.7 Å². The van der Waals surface area contributed by atoms with Crippen LogP contribution in [0.1, 0.15) is 11.7 Å². The van der Waals surface area contributed by atoms with Crippen molar-refractivity contribution in [2.45, 2.75) is 6.10 Å². The normalized spacial score (nSPS) is 19.4. The number of hydrogen-bond donors (Lipinski definition) is 0. The molecule has 0 spiro atoms. The highest BCUT2D eigenvalue weighted by Crippen LogP contribution is 2.29. The van der Waals surface area contributed by atoms with Gasteiger partial charge < -0.3 is 4.74 Å². The van der Waals surface area contributed by atoms with E-state index in [4.69, 9.17) is 4.74 Å². The van der Waals surface area contributed by atoms with Crippen LogP contribution in [0.3, 0.4) is 0 Å². The average molecular weight is 264 g/mol. The van der Waals surface area contributed by atoms with Gasteiger partial charge in [-0.05, 0) is 34.4 Å². The van der Waals surface area contributed by atoms with Crippen molar-refractivity contribution < 1.29 is 9.53 Å². The third kappa shape index (κ3) is 3.11. The fourth-order valence-electron chi connectivity index (χ4n) is 1.42. The first-order chi connectivity index (χ1) is 8.31. The summed E-state index contributed by atoms with van der Waals surface area (Å²) in [5.41, 5.74) is 1.66. The summed E-state index contributed by atoms with van der Waals surface area (Å²) in [6.45, 7) is 3.63. The Hall–Kier alpha value is -1.26. The van der Waals surface area contributed by atoms with Crippen molar-refractivity contribution in [1.29, 1.82) is 0 Å². The molecule has 2 heterocycles. The smallest absolute Gasteiger partial charge is 0.338 e. The summed E-state index contributed by atoms with van der Waals surface area (Å²) in [5.74, 6) is 0.587. The fraction of sp³-hybridized carbons (Fsp3) is 0.154. The Morgan fingerprint density at radius 1 is 1.59 bits per heavy atom. The molecule has 0 radical (unpaired) electrons. The minimum atomic E-state index is -0.253. The highest BCUT2D eigenvalue weighted by atomic mass is 32.2. The first-order valence-electron chi connectivity index (χ1n) is 5.15. The third-order valence-electron chi connectivity index (χ3n) is 2.23. The number of carbonyl (C=O) groups excluding carboxylic acids is 1. The lowest BCUT2D eigenvalue weighted by Crippen LogP contribution is -2.00. The lowest BCUT2D eigenvalue weighted by atomic mass is 10.1. The van der Waals surface area contributed by atoms with Crippen molar-refractivity contribution in [1.82, 2.24) is 0 Å². The molecule has 0 saturated carbocycles. The maximum atomic E-state index is 11.6. The lowest BCUT2D eigenvalue weighted by Gasteiger charge is -2.04. The van der Waals surface area contributed by atoms with E-state index in [-0.39, 0.29) is 12.1 Å². The predicted molar refractivity (Wildman–Crippen MR) is 73.0 cm³/mol. The minimum absolute atomic E-state index is 0.224. The van der Waals surface area contributed by atoms with E-state index >= 15 is 0 Å². The maximum Gasteiger partial charge on any atom is 0.338 e. The number of thiophene rings is 1. The monoisotopic (exact) mass is 264 g/mol.